The second-order valence-electron chi connectivity index (χ2n) is 17.3. The second kappa shape index (κ2) is 43.1. The highest BCUT2D eigenvalue weighted by Crippen LogP contribution is 2.43. The van der Waals surface area contributed by atoms with Gasteiger partial charge in [0.2, 0.25) is 0 Å². The van der Waals surface area contributed by atoms with E-state index in [4.69, 9.17) is 18.5 Å². The number of esters is 2. The fourth-order valence-electron chi connectivity index (χ4n) is 6.18. The van der Waals surface area contributed by atoms with Gasteiger partial charge in [-0.3, -0.25) is 18.6 Å². The third kappa shape index (κ3) is 46.9. The molecule has 0 rings (SSSR count). The van der Waals surface area contributed by atoms with Crippen LogP contribution in [-0.2, 0) is 32.7 Å². The predicted molar refractivity (Wildman–Crippen MR) is 262 cm³/mol. The molecule has 0 aromatic carbocycles. The van der Waals surface area contributed by atoms with Crippen molar-refractivity contribution in [3.8, 4) is 0 Å². The third-order valence-electron chi connectivity index (χ3n) is 10.0. The number of phosphoric ester groups is 1. The Hall–Kier alpha value is -2.85. The van der Waals surface area contributed by atoms with Crippen molar-refractivity contribution < 1.29 is 47.2 Å². The number of allylic oxidation sites excluding steroid dienone is 13. The number of carbonyl (C=O) groups is 2. The summed E-state index contributed by atoms with van der Waals surface area (Å²) in [6.07, 6.45) is 52.5. The molecule has 0 aliphatic heterocycles. The summed E-state index contributed by atoms with van der Waals surface area (Å²) in [6, 6.07) is 0. The standard InChI is InChI=1S/C52H90NO9P/c1-6-8-10-12-14-16-18-20-22-24-25-26-28-30-32-34-36-38-40-42-52(56)62-50(48-61-63(57,58)60-46-45-53(3,4)5)47-59-51(55)44-43-49(54)41-39-37-35-33-31-29-27-23-21-19-17-15-13-11-9-7-2/h9,11,15,17,20-23,29,31,35,37,39,41,49-50,54H,6-8,10,12-14,16,18-19,24-28,30,32-34,36,38,40,42-48H2,1-5H3/p+1/b11-9-,17-15-,22-20-,23-21-,31-29-,37-35-,41-39-/t49?,50-/m1/s1. The molecule has 3 atom stereocenters. The van der Waals surface area contributed by atoms with Gasteiger partial charge in [0.15, 0.2) is 6.10 Å². The van der Waals surface area contributed by atoms with Crippen molar-refractivity contribution in [3.05, 3.63) is 85.1 Å². The first-order valence-corrected chi connectivity index (χ1v) is 25.9. The fraction of sp³-hybridized carbons (Fsp3) is 0.692. The normalized spacial score (nSPS) is 14.7. The third-order valence-corrected chi connectivity index (χ3v) is 11.0. The van der Waals surface area contributed by atoms with Crippen molar-refractivity contribution in [3.63, 3.8) is 0 Å². The molecule has 0 heterocycles. The van der Waals surface area contributed by atoms with E-state index in [9.17, 15) is 24.2 Å². The predicted octanol–water partition coefficient (Wildman–Crippen LogP) is 13.3. The van der Waals surface area contributed by atoms with Gasteiger partial charge < -0.3 is 24.0 Å². The molecular formula is C52H91NO9P+. The first kappa shape index (κ1) is 60.2. The number of hydrogen-bond donors (Lipinski definition) is 2. The van der Waals surface area contributed by atoms with Crippen LogP contribution in [0.1, 0.15) is 174 Å². The molecular weight excluding hydrogens is 814 g/mol. The van der Waals surface area contributed by atoms with E-state index in [1.807, 2.05) is 33.3 Å². The van der Waals surface area contributed by atoms with Crippen molar-refractivity contribution in [1.29, 1.82) is 0 Å². The molecule has 0 saturated heterocycles. The molecule has 0 saturated carbocycles. The lowest BCUT2D eigenvalue weighted by Gasteiger charge is -2.24. The molecule has 0 amide bonds. The Balaban J connectivity index is 4.52. The van der Waals surface area contributed by atoms with E-state index in [0.717, 1.165) is 51.4 Å². The van der Waals surface area contributed by atoms with E-state index in [1.54, 1.807) is 12.2 Å². The van der Waals surface area contributed by atoms with Gasteiger partial charge in [0, 0.05) is 12.8 Å². The van der Waals surface area contributed by atoms with E-state index in [2.05, 4.69) is 74.6 Å². The lowest BCUT2D eigenvalue weighted by molar-refractivity contribution is -0.870. The molecule has 63 heavy (non-hydrogen) atoms. The number of phosphoric acid groups is 1. The summed E-state index contributed by atoms with van der Waals surface area (Å²) < 4.78 is 34.2. The highest BCUT2D eigenvalue weighted by molar-refractivity contribution is 7.47. The zero-order chi connectivity index (χ0) is 46.5. The van der Waals surface area contributed by atoms with Gasteiger partial charge in [-0.15, -0.1) is 0 Å². The molecule has 0 aromatic heterocycles. The maximum atomic E-state index is 12.7. The molecule has 2 N–H and O–H groups in total. The number of quaternary nitrogens is 1. The van der Waals surface area contributed by atoms with Crippen LogP contribution in [0.3, 0.4) is 0 Å². The first-order chi connectivity index (χ1) is 30.4. The summed E-state index contributed by atoms with van der Waals surface area (Å²) in [6.45, 7) is 4.02. The number of ether oxygens (including phenoxy) is 2. The van der Waals surface area contributed by atoms with Crippen LogP contribution in [-0.4, -0.2) is 86.1 Å². The van der Waals surface area contributed by atoms with Gasteiger partial charge in [0.25, 0.3) is 0 Å². The quantitative estimate of drug-likeness (QED) is 0.0153. The summed E-state index contributed by atoms with van der Waals surface area (Å²) in [7, 11) is 1.34. The molecule has 0 aliphatic rings. The van der Waals surface area contributed by atoms with Crippen LogP contribution in [0.15, 0.2) is 85.1 Å². The van der Waals surface area contributed by atoms with Crippen molar-refractivity contribution in [2.75, 3.05) is 47.5 Å². The molecule has 0 bridgehead atoms. The Bertz CT molecular complexity index is 1360. The fourth-order valence-corrected chi connectivity index (χ4v) is 6.92. The van der Waals surface area contributed by atoms with Crippen molar-refractivity contribution >= 4 is 19.8 Å². The largest absolute Gasteiger partial charge is 0.472 e. The monoisotopic (exact) mass is 905 g/mol. The van der Waals surface area contributed by atoms with Crippen molar-refractivity contribution in [2.24, 2.45) is 0 Å². The smallest absolute Gasteiger partial charge is 0.462 e. The minimum atomic E-state index is -4.44. The van der Waals surface area contributed by atoms with Crippen LogP contribution in [0, 0.1) is 0 Å². The van der Waals surface area contributed by atoms with Gasteiger partial charge in [-0.25, -0.2) is 4.57 Å². The molecule has 0 aliphatic carbocycles. The molecule has 2 unspecified atom stereocenters. The molecule has 11 heteroatoms. The Kier molecular flexibility index (Phi) is 41.1. The zero-order valence-corrected chi connectivity index (χ0v) is 41.3. The summed E-state index contributed by atoms with van der Waals surface area (Å²) in [5.41, 5.74) is 0. The van der Waals surface area contributed by atoms with Crippen LogP contribution >= 0.6 is 7.82 Å². The van der Waals surface area contributed by atoms with Crippen molar-refractivity contribution in [1.82, 2.24) is 0 Å². The zero-order valence-electron chi connectivity index (χ0n) is 40.4. The van der Waals surface area contributed by atoms with Gasteiger partial charge in [-0.1, -0.05) is 176 Å². The van der Waals surface area contributed by atoms with Crippen LogP contribution in [0.5, 0.6) is 0 Å². The molecule has 0 radical (unpaired) electrons. The van der Waals surface area contributed by atoms with Gasteiger partial charge in [-0.05, 0) is 70.6 Å². The maximum Gasteiger partial charge on any atom is 0.472 e. The minimum absolute atomic E-state index is 0.00836. The van der Waals surface area contributed by atoms with E-state index < -0.39 is 38.6 Å². The van der Waals surface area contributed by atoms with Crippen LogP contribution in [0.4, 0.5) is 0 Å². The number of likely N-dealkylation sites (N-methyl/N-ethyl adjacent to an activating group) is 1. The molecule has 0 aromatic rings. The Labute approximate surface area is 384 Å². The average Bonchev–Trinajstić information content (AvgIpc) is 3.24. The SMILES string of the molecule is CC/C=C\C/C=C\C/C=C\C/C=C\C/C=C\C=C/C(O)CCC(=O)OC[C@H](COP(=O)(O)OCC[N+](C)(C)C)OC(=O)CCCCCCCCCCC/C=C\CCCCCCCC. The van der Waals surface area contributed by atoms with Crippen LogP contribution in [0.25, 0.3) is 0 Å². The second-order valence-corrected chi connectivity index (χ2v) is 18.8. The average molecular weight is 905 g/mol. The van der Waals surface area contributed by atoms with Crippen LogP contribution < -0.4 is 0 Å². The van der Waals surface area contributed by atoms with Crippen molar-refractivity contribution in [2.45, 2.75) is 187 Å². The maximum absolute atomic E-state index is 12.7. The number of carbonyl (C=O) groups excluding carboxylic acids is 2. The summed E-state index contributed by atoms with van der Waals surface area (Å²) >= 11 is 0. The summed E-state index contributed by atoms with van der Waals surface area (Å²) in [5, 5.41) is 10.3. The summed E-state index contributed by atoms with van der Waals surface area (Å²) in [4.78, 5) is 35.5. The number of aliphatic hydroxyl groups is 1. The van der Waals surface area contributed by atoms with Gasteiger partial charge in [0.1, 0.15) is 19.8 Å². The van der Waals surface area contributed by atoms with E-state index >= 15 is 0 Å². The lowest BCUT2D eigenvalue weighted by atomic mass is 10.1. The Morgan fingerprint density at radius 3 is 1.63 bits per heavy atom. The number of nitrogens with zero attached hydrogens (tertiary/aromatic N) is 1. The molecule has 0 fully saturated rings. The van der Waals surface area contributed by atoms with Crippen LogP contribution in [0.2, 0.25) is 0 Å². The number of rotatable bonds is 43. The minimum Gasteiger partial charge on any atom is -0.462 e. The highest BCUT2D eigenvalue weighted by atomic mass is 31.2. The first-order valence-electron chi connectivity index (χ1n) is 24.4. The van der Waals surface area contributed by atoms with E-state index in [0.29, 0.717) is 17.4 Å². The van der Waals surface area contributed by atoms with E-state index in [-0.39, 0.29) is 32.5 Å². The number of unbranched alkanes of at least 4 members (excludes halogenated alkanes) is 15. The Morgan fingerprint density at radius 1 is 0.587 bits per heavy atom. The summed E-state index contributed by atoms with van der Waals surface area (Å²) in [5.74, 6) is -1.09. The van der Waals surface area contributed by atoms with E-state index in [1.165, 1.54) is 83.5 Å². The number of aliphatic hydroxyl groups excluding tert-OH is 1. The lowest BCUT2D eigenvalue weighted by Crippen LogP contribution is -2.37. The van der Waals surface area contributed by atoms with Gasteiger partial charge in [0.05, 0.1) is 33.9 Å². The molecule has 0 spiro atoms. The number of hydrogen-bond acceptors (Lipinski definition) is 8. The molecule has 10 nitrogen and oxygen atoms in total. The van der Waals surface area contributed by atoms with Gasteiger partial charge >= 0.3 is 19.8 Å². The topological polar surface area (TPSA) is 129 Å². The molecule has 362 valence electrons. The highest BCUT2D eigenvalue weighted by Gasteiger charge is 2.27. The Morgan fingerprint density at radius 2 is 1.10 bits per heavy atom. The van der Waals surface area contributed by atoms with Gasteiger partial charge in [-0.2, -0.15) is 0 Å².